The van der Waals surface area contributed by atoms with Crippen molar-refractivity contribution >= 4 is 34.8 Å². The largest absolute Gasteiger partial charge is 0.320 e. The first-order valence-corrected chi connectivity index (χ1v) is 8.33. The number of carbonyl (C=O) groups is 3. The van der Waals surface area contributed by atoms with Crippen molar-refractivity contribution in [1.29, 1.82) is 0 Å². The number of benzene rings is 3. The summed E-state index contributed by atoms with van der Waals surface area (Å²) in [5.74, 6) is -0.997. The van der Waals surface area contributed by atoms with E-state index in [-0.39, 0.29) is 33.4 Å². The minimum Gasteiger partial charge on any atom is -0.320 e. The first-order valence-electron chi connectivity index (χ1n) is 7.95. The van der Waals surface area contributed by atoms with Gasteiger partial charge in [-0.1, -0.05) is 54.1 Å². The number of halogens is 1. The molecule has 0 unspecified atom stereocenters. The SMILES string of the molecule is O=C(Nc1c(Cl)ccc2c1C(=O)c1ccccc1C2=O)c1ccccc1. The van der Waals surface area contributed by atoms with E-state index in [1.54, 1.807) is 54.6 Å². The number of carbonyl (C=O) groups excluding carboxylic acids is 3. The van der Waals surface area contributed by atoms with Gasteiger partial charge >= 0.3 is 0 Å². The molecule has 0 saturated carbocycles. The van der Waals surface area contributed by atoms with Gasteiger partial charge in [-0.05, 0) is 24.3 Å². The zero-order valence-corrected chi connectivity index (χ0v) is 14.2. The molecule has 26 heavy (non-hydrogen) atoms. The van der Waals surface area contributed by atoms with E-state index in [9.17, 15) is 14.4 Å². The van der Waals surface area contributed by atoms with Gasteiger partial charge in [-0.15, -0.1) is 0 Å². The first-order chi connectivity index (χ1) is 12.6. The Hall–Kier alpha value is -3.24. The number of amides is 1. The zero-order chi connectivity index (χ0) is 18.3. The average molecular weight is 362 g/mol. The van der Waals surface area contributed by atoms with E-state index in [2.05, 4.69) is 5.32 Å². The summed E-state index contributed by atoms with van der Waals surface area (Å²) < 4.78 is 0. The third-order valence-electron chi connectivity index (χ3n) is 4.32. The van der Waals surface area contributed by atoms with E-state index in [4.69, 9.17) is 11.6 Å². The van der Waals surface area contributed by atoms with Crippen molar-refractivity contribution in [3.63, 3.8) is 0 Å². The lowest BCUT2D eigenvalue weighted by atomic mass is 9.83. The van der Waals surface area contributed by atoms with Crippen LogP contribution in [0.2, 0.25) is 5.02 Å². The molecule has 4 nitrogen and oxygen atoms in total. The molecule has 0 bridgehead atoms. The van der Waals surface area contributed by atoms with E-state index < -0.39 is 5.91 Å². The van der Waals surface area contributed by atoms with Gasteiger partial charge < -0.3 is 5.32 Å². The quantitative estimate of drug-likeness (QED) is 0.576. The molecule has 1 amide bonds. The van der Waals surface area contributed by atoms with Crippen LogP contribution in [0.15, 0.2) is 66.7 Å². The number of fused-ring (bicyclic) bond motifs is 2. The van der Waals surface area contributed by atoms with Crippen molar-refractivity contribution in [3.8, 4) is 0 Å². The predicted octanol–water partition coefficient (Wildman–Crippen LogP) is 4.37. The van der Waals surface area contributed by atoms with Crippen molar-refractivity contribution < 1.29 is 14.4 Å². The summed E-state index contributed by atoms with van der Waals surface area (Å²) >= 11 is 6.25. The smallest absolute Gasteiger partial charge is 0.255 e. The minimum absolute atomic E-state index is 0.130. The maximum absolute atomic E-state index is 13.0. The topological polar surface area (TPSA) is 63.2 Å². The second kappa shape index (κ2) is 6.24. The molecule has 126 valence electrons. The van der Waals surface area contributed by atoms with Crippen molar-refractivity contribution in [3.05, 3.63) is 99.6 Å². The van der Waals surface area contributed by atoms with Crippen LogP contribution in [0.25, 0.3) is 0 Å². The summed E-state index contributed by atoms with van der Waals surface area (Å²) in [5.41, 5.74) is 1.61. The molecule has 1 aliphatic carbocycles. The first kappa shape index (κ1) is 16.2. The number of rotatable bonds is 2. The summed E-state index contributed by atoms with van der Waals surface area (Å²) in [5, 5.41) is 2.89. The second-order valence-electron chi connectivity index (χ2n) is 5.87. The number of nitrogens with one attached hydrogen (secondary N) is 1. The van der Waals surface area contributed by atoms with Gasteiger partial charge in [0.25, 0.3) is 5.91 Å². The molecule has 4 rings (SSSR count). The van der Waals surface area contributed by atoms with Crippen LogP contribution in [-0.2, 0) is 0 Å². The highest BCUT2D eigenvalue weighted by molar-refractivity contribution is 6.38. The Bertz CT molecular complexity index is 1070. The van der Waals surface area contributed by atoms with Crippen LogP contribution in [0.3, 0.4) is 0 Å². The molecule has 0 heterocycles. The number of hydrogen-bond donors (Lipinski definition) is 1. The molecule has 0 aliphatic heterocycles. The Labute approximate surface area is 154 Å². The van der Waals surface area contributed by atoms with Gasteiger partial charge in [0.15, 0.2) is 11.6 Å². The van der Waals surface area contributed by atoms with Gasteiger partial charge in [0.2, 0.25) is 0 Å². The molecule has 1 N–H and O–H groups in total. The molecule has 0 atom stereocenters. The van der Waals surface area contributed by atoms with Crippen LogP contribution < -0.4 is 5.32 Å². The summed E-state index contributed by atoms with van der Waals surface area (Å²) in [7, 11) is 0. The third kappa shape index (κ3) is 2.52. The molecule has 3 aromatic rings. The van der Waals surface area contributed by atoms with Crippen LogP contribution >= 0.6 is 11.6 Å². The lowest BCUT2D eigenvalue weighted by Crippen LogP contribution is -2.24. The molecule has 0 radical (unpaired) electrons. The van der Waals surface area contributed by atoms with E-state index >= 15 is 0 Å². The highest BCUT2D eigenvalue weighted by atomic mass is 35.5. The second-order valence-corrected chi connectivity index (χ2v) is 6.28. The highest BCUT2D eigenvalue weighted by Crippen LogP contribution is 2.36. The van der Waals surface area contributed by atoms with Gasteiger partial charge in [-0.25, -0.2) is 0 Å². The van der Waals surface area contributed by atoms with Crippen LogP contribution in [0.4, 0.5) is 5.69 Å². The molecular formula is C21H12ClNO3. The third-order valence-corrected chi connectivity index (χ3v) is 4.63. The molecule has 0 fully saturated rings. The Morgan fingerprint density at radius 3 is 2.04 bits per heavy atom. The van der Waals surface area contributed by atoms with Crippen molar-refractivity contribution in [2.75, 3.05) is 5.32 Å². The summed E-state index contributed by atoms with van der Waals surface area (Å²) in [6.07, 6.45) is 0. The monoisotopic (exact) mass is 361 g/mol. The maximum Gasteiger partial charge on any atom is 0.255 e. The van der Waals surface area contributed by atoms with Crippen LogP contribution in [0, 0.1) is 0 Å². The molecule has 0 saturated heterocycles. The van der Waals surface area contributed by atoms with Gasteiger partial charge in [-0.3, -0.25) is 14.4 Å². The standard InChI is InChI=1S/C21H12ClNO3/c22-16-11-10-15-17(18(16)23-21(26)12-6-2-1-3-7-12)20(25)14-9-5-4-8-13(14)19(15)24/h1-11H,(H,23,26). The Morgan fingerprint density at radius 2 is 1.35 bits per heavy atom. The van der Waals surface area contributed by atoms with Crippen LogP contribution in [-0.4, -0.2) is 17.5 Å². The van der Waals surface area contributed by atoms with Gasteiger partial charge in [0.1, 0.15) is 0 Å². The fraction of sp³-hybridized carbons (Fsp3) is 0. The average Bonchev–Trinajstić information content (AvgIpc) is 2.68. The Kier molecular flexibility index (Phi) is 3.90. The molecule has 1 aliphatic rings. The lowest BCUT2D eigenvalue weighted by molar-refractivity contribution is 0.0978. The van der Waals surface area contributed by atoms with Crippen LogP contribution in [0.5, 0.6) is 0 Å². The predicted molar refractivity (Wildman–Crippen MR) is 99.2 cm³/mol. The van der Waals surface area contributed by atoms with E-state index in [0.29, 0.717) is 16.7 Å². The summed E-state index contributed by atoms with van der Waals surface area (Å²) in [6.45, 7) is 0. The van der Waals surface area contributed by atoms with Crippen LogP contribution in [0.1, 0.15) is 42.2 Å². The fourth-order valence-corrected chi connectivity index (χ4v) is 3.26. The summed E-state index contributed by atoms with van der Waals surface area (Å²) in [4.78, 5) is 38.3. The number of ketones is 2. The van der Waals surface area contributed by atoms with Gasteiger partial charge in [0, 0.05) is 22.3 Å². The number of anilines is 1. The van der Waals surface area contributed by atoms with Gasteiger partial charge in [-0.2, -0.15) is 0 Å². The minimum atomic E-state index is -0.403. The number of hydrogen-bond acceptors (Lipinski definition) is 3. The van der Waals surface area contributed by atoms with Crippen molar-refractivity contribution in [2.24, 2.45) is 0 Å². The lowest BCUT2D eigenvalue weighted by Gasteiger charge is -2.21. The molecule has 3 aromatic carbocycles. The maximum atomic E-state index is 13.0. The van der Waals surface area contributed by atoms with E-state index in [1.807, 2.05) is 0 Å². The van der Waals surface area contributed by atoms with Gasteiger partial charge in [0.05, 0.1) is 16.3 Å². The Morgan fingerprint density at radius 1 is 0.731 bits per heavy atom. The fourth-order valence-electron chi connectivity index (χ4n) is 3.06. The van der Waals surface area contributed by atoms with Crippen molar-refractivity contribution in [2.45, 2.75) is 0 Å². The molecule has 5 heteroatoms. The van der Waals surface area contributed by atoms with E-state index in [0.717, 1.165) is 0 Å². The molecular weight excluding hydrogens is 350 g/mol. The molecule has 0 spiro atoms. The Balaban J connectivity index is 1.84. The highest BCUT2D eigenvalue weighted by Gasteiger charge is 2.33. The zero-order valence-electron chi connectivity index (χ0n) is 13.5. The summed E-state index contributed by atoms with van der Waals surface area (Å²) in [6, 6.07) is 18.2. The van der Waals surface area contributed by atoms with Crippen molar-refractivity contribution in [1.82, 2.24) is 0 Å². The molecule has 0 aromatic heterocycles. The normalized spacial score (nSPS) is 12.3. The van der Waals surface area contributed by atoms with E-state index in [1.165, 1.54) is 12.1 Å².